The Morgan fingerprint density at radius 2 is 2.38 bits per heavy atom. The summed E-state index contributed by atoms with van der Waals surface area (Å²) in [7, 11) is 0. The van der Waals surface area contributed by atoms with E-state index in [1.807, 2.05) is 4.94 Å². The second kappa shape index (κ2) is 2.65. The number of rotatable bonds is 0. The molecule has 0 fully saturated rings. The molecule has 0 N–H and O–H groups in total. The van der Waals surface area contributed by atoms with E-state index in [0.29, 0.717) is 14.5 Å². The molecule has 0 radical (unpaired) electrons. The topological polar surface area (TPSA) is 17.1 Å². The van der Waals surface area contributed by atoms with Crippen molar-refractivity contribution >= 4 is 33.9 Å². The zero-order chi connectivity index (χ0) is 5.98. The molecule has 42 valence electrons. The zero-order valence-corrected chi connectivity index (χ0v) is 7.59. The summed E-state index contributed by atoms with van der Waals surface area (Å²) >= 11 is 2.83. The number of hydrogen-bond acceptors (Lipinski definition) is 1. The van der Waals surface area contributed by atoms with Crippen molar-refractivity contribution in [1.82, 2.24) is 0 Å². The molecule has 3 heteroatoms. The SMILES string of the molecule is O=c1cc[se]c([SeH])c1. The van der Waals surface area contributed by atoms with Crippen molar-refractivity contribution in [3.63, 3.8) is 0 Å². The van der Waals surface area contributed by atoms with Crippen LogP contribution in [-0.4, -0.2) is 30.5 Å². The van der Waals surface area contributed by atoms with Gasteiger partial charge in [0.2, 0.25) is 0 Å². The van der Waals surface area contributed by atoms with Gasteiger partial charge in [0.1, 0.15) is 0 Å². The van der Waals surface area contributed by atoms with Crippen molar-refractivity contribution in [2.24, 2.45) is 0 Å². The third-order valence-electron chi connectivity index (χ3n) is 0.687. The minimum atomic E-state index is 0.119. The molecule has 0 amide bonds. The molecule has 0 aliphatic heterocycles. The molecule has 8 heavy (non-hydrogen) atoms. The van der Waals surface area contributed by atoms with E-state index in [-0.39, 0.29) is 5.43 Å². The predicted octanol–water partition coefficient (Wildman–Crippen LogP) is -1.37. The molecule has 0 atom stereocenters. The van der Waals surface area contributed by atoms with Gasteiger partial charge in [-0.25, -0.2) is 0 Å². The standard InChI is InChI=1S/C5H4OSe2/c6-4-1-2-8-5(7)3-4/h1-3,7H. The Kier molecular flexibility index (Phi) is 2.09. The Hall–Kier alpha value is 0.189. The monoisotopic (exact) mass is 240 g/mol. The van der Waals surface area contributed by atoms with Gasteiger partial charge < -0.3 is 0 Å². The first-order valence-electron chi connectivity index (χ1n) is 2.07. The minimum absolute atomic E-state index is 0.119. The van der Waals surface area contributed by atoms with E-state index < -0.39 is 0 Å². The fourth-order valence-electron chi connectivity index (χ4n) is 0.375. The maximum absolute atomic E-state index is 10.5. The van der Waals surface area contributed by atoms with Gasteiger partial charge in [0.15, 0.2) is 0 Å². The summed E-state index contributed by atoms with van der Waals surface area (Å²) in [5.41, 5.74) is 0.119. The van der Waals surface area contributed by atoms with Crippen LogP contribution < -0.4 is 8.76 Å². The molecule has 1 heterocycles. The van der Waals surface area contributed by atoms with Gasteiger partial charge in [-0.15, -0.1) is 0 Å². The molecular weight excluding hydrogens is 234 g/mol. The first kappa shape index (κ1) is 6.31. The van der Waals surface area contributed by atoms with Crippen molar-refractivity contribution in [2.45, 2.75) is 0 Å². The Morgan fingerprint density at radius 1 is 1.62 bits per heavy atom. The molecule has 1 rings (SSSR count). The first-order chi connectivity index (χ1) is 3.79. The van der Waals surface area contributed by atoms with E-state index >= 15 is 0 Å². The molecule has 0 spiro atoms. The van der Waals surface area contributed by atoms with E-state index in [2.05, 4.69) is 16.0 Å². The average molecular weight is 238 g/mol. The van der Waals surface area contributed by atoms with Crippen LogP contribution >= 0.6 is 0 Å². The molecule has 0 saturated heterocycles. The maximum atomic E-state index is 10.5. The fourth-order valence-corrected chi connectivity index (χ4v) is 2.41. The Bertz CT molecular complexity index is 228. The second-order valence-corrected chi connectivity index (χ2v) is 5.78. The molecule has 0 aliphatic rings. The summed E-state index contributed by atoms with van der Waals surface area (Å²) in [6.07, 6.45) is 0. The summed E-state index contributed by atoms with van der Waals surface area (Å²) < 4.78 is 1.15. The van der Waals surface area contributed by atoms with E-state index in [4.69, 9.17) is 0 Å². The van der Waals surface area contributed by atoms with Crippen LogP contribution in [0.1, 0.15) is 0 Å². The van der Waals surface area contributed by atoms with Crippen molar-refractivity contribution in [3.05, 3.63) is 27.3 Å². The zero-order valence-electron chi connectivity index (χ0n) is 4.00. The van der Waals surface area contributed by atoms with E-state index in [1.165, 1.54) is 0 Å². The van der Waals surface area contributed by atoms with Gasteiger partial charge in [0.05, 0.1) is 0 Å². The van der Waals surface area contributed by atoms with E-state index in [0.717, 1.165) is 3.34 Å². The van der Waals surface area contributed by atoms with Gasteiger partial charge in [-0.05, 0) is 0 Å². The normalized spacial score (nSPS) is 9.12. The first-order valence-corrected chi connectivity index (χ1v) is 4.85. The second-order valence-electron chi connectivity index (χ2n) is 1.31. The molecule has 1 aromatic heterocycles. The summed E-state index contributed by atoms with van der Waals surface area (Å²) in [5.74, 6) is 0. The van der Waals surface area contributed by atoms with Crippen LogP contribution in [0.3, 0.4) is 0 Å². The number of hydrogen-bond donors (Lipinski definition) is 0. The summed E-state index contributed by atoms with van der Waals surface area (Å²) in [6, 6.07) is 3.29. The van der Waals surface area contributed by atoms with Crippen LogP contribution in [0.25, 0.3) is 0 Å². The van der Waals surface area contributed by atoms with Crippen LogP contribution in [0, 0.1) is 0 Å². The third kappa shape index (κ3) is 1.61. The van der Waals surface area contributed by atoms with Crippen LogP contribution in [0.15, 0.2) is 21.9 Å². The quantitative estimate of drug-likeness (QED) is 0.510. The van der Waals surface area contributed by atoms with E-state index in [1.54, 1.807) is 12.1 Å². The van der Waals surface area contributed by atoms with Gasteiger partial charge in [0.25, 0.3) is 0 Å². The summed E-state index contributed by atoms with van der Waals surface area (Å²) in [4.78, 5) is 12.4. The Balaban J connectivity index is 3.28. The molecule has 0 unspecified atom stereocenters. The average Bonchev–Trinajstić information content (AvgIpc) is 1.64. The molecular formula is C5H4OSe2. The molecule has 0 saturated carbocycles. The molecule has 1 aromatic rings. The van der Waals surface area contributed by atoms with Crippen molar-refractivity contribution in [2.75, 3.05) is 0 Å². The van der Waals surface area contributed by atoms with Crippen LogP contribution in [0.4, 0.5) is 0 Å². The summed E-state index contributed by atoms with van der Waals surface area (Å²) in [6.45, 7) is 0. The van der Waals surface area contributed by atoms with Crippen molar-refractivity contribution in [3.8, 4) is 0 Å². The van der Waals surface area contributed by atoms with Crippen molar-refractivity contribution in [1.29, 1.82) is 0 Å². The van der Waals surface area contributed by atoms with Gasteiger partial charge in [0, 0.05) is 0 Å². The molecule has 0 bridgehead atoms. The molecule has 0 aliphatic carbocycles. The van der Waals surface area contributed by atoms with Crippen molar-refractivity contribution < 1.29 is 0 Å². The molecule has 1 nitrogen and oxygen atoms in total. The Morgan fingerprint density at radius 3 is 2.75 bits per heavy atom. The van der Waals surface area contributed by atoms with Gasteiger partial charge in [-0.1, -0.05) is 0 Å². The van der Waals surface area contributed by atoms with Crippen LogP contribution in [-0.2, 0) is 0 Å². The van der Waals surface area contributed by atoms with Crippen LogP contribution in [0.2, 0.25) is 0 Å². The van der Waals surface area contributed by atoms with Gasteiger partial charge in [-0.3, -0.25) is 0 Å². The Labute approximate surface area is 61.3 Å². The van der Waals surface area contributed by atoms with E-state index in [9.17, 15) is 4.79 Å². The van der Waals surface area contributed by atoms with Crippen LogP contribution in [0.5, 0.6) is 0 Å². The fraction of sp³-hybridized carbons (Fsp3) is 0. The summed E-state index contributed by atoms with van der Waals surface area (Å²) in [5, 5.41) is 0. The molecule has 0 aromatic carbocycles. The van der Waals surface area contributed by atoms with Gasteiger partial charge >= 0.3 is 61.1 Å². The third-order valence-corrected chi connectivity index (χ3v) is 3.43. The predicted molar refractivity (Wildman–Crippen MR) is 36.4 cm³/mol. The van der Waals surface area contributed by atoms with Gasteiger partial charge in [-0.2, -0.15) is 0 Å².